The Balaban J connectivity index is 1.66. The molecule has 0 amide bonds. The molecule has 0 aromatic heterocycles. The van der Waals surface area contributed by atoms with Crippen LogP contribution in [0.15, 0.2) is 0 Å². The van der Waals surface area contributed by atoms with Gasteiger partial charge < -0.3 is 19.5 Å². The molecule has 0 aromatic carbocycles. The highest BCUT2D eigenvalue weighted by molar-refractivity contribution is 4.99. The lowest BCUT2D eigenvalue weighted by Gasteiger charge is -2.51. The summed E-state index contributed by atoms with van der Waals surface area (Å²) in [6, 6.07) is 1.10. The van der Waals surface area contributed by atoms with E-state index in [1.165, 1.54) is 19.3 Å². The molecular weight excluding hydrogens is 218 g/mol. The third kappa shape index (κ3) is 2.36. The zero-order chi connectivity index (χ0) is 11.9. The van der Waals surface area contributed by atoms with Gasteiger partial charge in [-0.05, 0) is 32.7 Å². The lowest BCUT2D eigenvalue weighted by molar-refractivity contribution is -0.142. The molecule has 0 aliphatic carbocycles. The highest BCUT2D eigenvalue weighted by atomic mass is 16.7. The summed E-state index contributed by atoms with van der Waals surface area (Å²) >= 11 is 0. The van der Waals surface area contributed by atoms with E-state index in [1.807, 2.05) is 0 Å². The van der Waals surface area contributed by atoms with E-state index in [9.17, 15) is 5.11 Å². The quantitative estimate of drug-likeness (QED) is 0.787. The summed E-state index contributed by atoms with van der Waals surface area (Å²) in [4.78, 5) is 2.47. The Hall–Kier alpha value is -0.160. The summed E-state index contributed by atoms with van der Waals surface area (Å²) in [6.07, 6.45) is 5.99. The number of ether oxygens (including phenoxy) is 2. The minimum Gasteiger partial charge on any atom is -0.390 e. The van der Waals surface area contributed by atoms with E-state index in [4.69, 9.17) is 9.47 Å². The second-order valence-electron chi connectivity index (χ2n) is 5.91. The Labute approximate surface area is 103 Å². The Morgan fingerprint density at radius 2 is 1.76 bits per heavy atom. The maximum absolute atomic E-state index is 10.8. The SMILES string of the molecule is CN1C2CCCC1CC(O)(CC1OCCO1)C2. The van der Waals surface area contributed by atoms with E-state index in [1.54, 1.807) is 0 Å². The predicted molar refractivity (Wildman–Crippen MR) is 63.7 cm³/mol. The third-order valence-electron chi connectivity index (χ3n) is 4.70. The van der Waals surface area contributed by atoms with Crippen LogP contribution in [-0.2, 0) is 9.47 Å². The molecule has 0 spiro atoms. The van der Waals surface area contributed by atoms with E-state index < -0.39 is 5.60 Å². The van der Waals surface area contributed by atoms with Gasteiger partial charge in [-0.1, -0.05) is 6.42 Å². The van der Waals surface area contributed by atoms with Crippen molar-refractivity contribution in [2.45, 2.75) is 62.5 Å². The number of hydrogen-bond acceptors (Lipinski definition) is 4. The lowest BCUT2D eigenvalue weighted by Crippen LogP contribution is -2.57. The molecule has 2 atom stereocenters. The van der Waals surface area contributed by atoms with Gasteiger partial charge in [0.05, 0.1) is 18.8 Å². The molecule has 0 aromatic rings. The Kier molecular flexibility index (Phi) is 3.15. The number of aliphatic hydroxyl groups is 1. The van der Waals surface area contributed by atoms with E-state index >= 15 is 0 Å². The van der Waals surface area contributed by atoms with Gasteiger partial charge in [0.25, 0.3) is 0 Å². The first-order valence-electron chi connectivity index (χ1n) is 6.84. The number of hydrogen-bond donors (Lipinski definition) is 1. The van der Waals surface area contributed by atoms with Gasteiger partial charge >= 0.3 is 0 Å². The molecule has 3 rings (SSSR count). The molecule has 2 unspecified atom stereocenters. The van der Waals surface area contributed by atoms with Crippen LogP contribution >= 0.6 is 0 Å². The Morgan fingerprint density at radius 3 is 2.35 bits per heavy atom. The van der Waals surface area contributed by atoms with Gasteiger partial charge in [-0.15, -0.1) is 0 Å². The van der Waals surface area contributed by atoms with E-state index in [0.717, 1.165) is 12.8 Å². The van der Waals surface area contributed by atoms with Crippen molar-refractivity contribution in [3.63, 3.8) is 0 Å². The molecule has 3 aliphatic rings. The normalized spacial score (nSPS) is 44.1. The maximum Gasteiger partial charge on any atom is 0.160 e. The molecule has 3 aliphatic heterocycles. The highest BCUT2D eigenvalue weighted by Gasteiger charge is 2.45. The van der Waals surface area contributed by atoms with Crippen molar-refractivity contribution in [3.05, 3.63) is 0 Å². The van der Waals surface area contributed by atoms with Crippen LogP contribution in [0.4, 0.5) is 0 Å². The van der Waals surface area contributed by atoms with Crippen LogP contribution in [0.1, 0.15) is 38.5 Å². The van der Waals surface area contributed by atoms with Crippen LogP contribution in [0.25, 0.3) is 0 Å². The second-order valence-corrected chi connectivity index (χ2v) is 5.91. The number of piperidine rings is 2. The minimum absolute atomic E-state index is 0.177. The number of rotatable bonds is 2. The van der Waals surface area contributed by atoms with Crippen LogP contribution in [0.5, 0.6) is 0 Å². The van der Waals surface area contributed by atoms with Crippen molar-refractivity contribution in [3.8, 4) is 0 Å². The van der Waals surface area contributed by atoms with Crippen LogP contribution in [0, 0.1) is 0 Å². The van der Waals surface area contributed by atoms with Gasteiger partial charge in [-0.3, -0.25) is 0 Å². The average Bonchev–Trinajstić information content (AvgIpc) is 2.73. The first-order valence-corrected chi connectivity index (χ1v) is 6.84. The third-order valence-corrected chi connectivity index (χ3v) is 4.70. The molecule has 4 nitrogen and oxygen atoms in total. The highest BCUT2D eigenvalue weighted by Crippen LogP contribution is 2.40. The van der Waals surface area contributed by atoms with E-state index in [2.05, 4.69) is 11.9 Å². The topological polar surface area (TPSA) is 41.9 Å². The minimum atomic E-state index is -0.572. The van der Waals surface area contributed by atoms with Crippen molar-refractivity contribution in [1.82, 2.24) is 4.90 Å². The summed E-state index contributed by atoms with van der Waals surface area (Å²) in [5.41, 5.74) is -0.572. The molecule has 98 valence electrons. The van der Waals surface area contributed by atoms with Crippen LogP contribution in [-0.4, -0.2) is 54.2 Å². The van der Waals surface area contributed by atoms with Crippen LogP contribution in [0.3, 0.4) is 0 Å². The summed E-state index contributed by atoms with van der Waals surface area (Å²) < 4.78 is 10.9. The number of nitrogens with zero attached hydrogens (tertiary/aromatic N) is 1. The smallest absolute Gasteiger partial charge is 0.160 e. The van der Waals surface area contributed by atoms with Crippen molar-refractivity contribution in [2.75, 3.05) is 20.3 Å². The fourth-order valence-electron chi connectivity index (χ4n) is 3.75. The molecule has 0 radical (unpaired) electrons. The largest absolute Gasteiger partial charge is 0.390 e. The molecule has 17 heavy (non-hydrogen) atoms. The zero-order valence-electron chi connectivity index (χ0n) is 10.6. The standard InChI is InChI=1S/C13H23NO3/c1-14-10-3-2-4-11(14)8-13(15,7-10)9-12-16-5-6-17-12/h10-12,15H,2-9H2,1H3. The van der Waals surface area contributed by atoms with Crippen molar-refractivity contribution >= 4 is 0 Å². The molecular formula is C13H23NO3. The molecule has 0 saturated carbocycles. The fraction of sp³-hybridized carbons (Fsp3) is 1.00. The lowest BCUT2D eigenvalue weighted by atomic mass is 9.74. The van der Waals surface area contributed by atoms with Gasteiger partial charge in [0.15, 0.2) is 6.29 Å². The molecule has 3 saturated heterocycles. The van der Waals surface area contributed by atoms with Gasteiger partial charge in [0.1, 0.15) is 0 Å². The molecule has 2 bridgehead atoms. The number of fused-ring (bicyclic) bond motifs is 2. The summed E-state index contributed by atoms with van der Waals surface area (Å²) in [5, 5.41) is 10.8. The van der Waals surface area contributed by atoms with Crippen molar-refractivity contribution < 1.29 is 14.6 Å². The average molecular weight is 241 g/mol. The summed E-state index contributed by atoms with van der Waals surface area (Å²) in [7, 11) is 2.21. The van der Waals surface area contributed by atoms with Crippen LogP contribution < -0.4 is 0 Å². The first kappa shape index (κ1) is 11.9. The van der Waals surface area contributed by atoms with Gasteiger partial charge in [-0.25, -0.2) is 0 Å². The van der Waals surface area contributed by atoms with Gasteiger partial charge in [0.2, 0.25) is 0 Å². The molecule has 3 fully saturated rings. The maximum atomic E-state index is 10.8. The van der Waals surface area contributed by atoms with Crippen molar-refractivity contribution in [2.24, 2.45) is 0 Å². The van der Waals surface area contributed by atoms with Gasteiger partial charge in [-0.2, -0.15) is 0 Å². The molecule has 4 heteroatoms. The van der Waals surface area contributed by atoms with E-state index in [-0.39, 0.29) is 6.29 Å². The Bertz CT molecular complexity index is 258. The van der Waals surface area contributed by atoms with Gasteiger partial charge in [0, 0.05) is 18.5 Å². The molecule has 3 heterocycles. The first-order chi connectivity index (χ1) is 8.16. The monoisotopic (exact) mass is 241 g/mol. The second kappa shape index (κ2) is 4.50. The molecule has 1 N–H and O–H groups in total. The zero-order valence-corrected chi connectivity index (χ0v) is 10.6. The van der Waals surface area contributed by atoms with E-state index in [0.29, 0.717) is 31.7 Å². The van der Waals surface area contributed by atoms with Crippen molar-refractivity contribution in [1.29, 1.82) is 0 Å². The van der Waals surface area contributed by atoms with Crippen LogP contribution in [0.2, 0.25) is 0 Å². The Morgan fingerprint density at radius 1 is 1.18 bits per heavy atom. The summed E-state index contributed by atoms with van der Waals surface area (Å²) in [5.74, 6) is 0. The predicted octanol–water partition coefficient (Wildman–Crippen LogP) is 1.13. The summed E-state index contributed by atoms with van der Waals surface area (Å²) in [6.45, 7) is 1.35. The fourth-order valence-corrected chi connectivity index (χ4v) is 3.75.